The van der Waals surface area contributed by atoms with Crippen LogP contribution in [0.5, 0.6) is 0 Å². The fraction of sp³-hybridized carbons (Fsp3) is 0.333. The van der Waals surface area contributed by atoms with Crippen LogP contribution in [0.15, 0.2) is 17.3 Å². The molecule has 3 N–H and O–H groups in total. The summed E-state index contributed by atoms with van der Waals surface area (Å²) in [6, 6.07) is 0. The Labute approximate surface area is 58.8 Å². The van der Waals surface area contributed by atoms with Gasteiger partial charge >= 0.3 is 0 Å². The van der Waals surface area contributed by atoms with Crippen molar-refractivity contribution < 1.29 is 4.79 Å². The van der Waals surface area contributed by atoms with Gasteiger partial charge in [0.05, 0.1) is 5.54 Å². The molecule has 0 fully saturated rings. The molecule has 1 amide bonds. The lowest BCUT2D eigenvalue weighted by Gasteiger charge is -2.09. The summed E-state index contributed by atoms with van der Waals surface area (Å²) in [4.78, 5) is 10.6. The highest BCUT2D eigenvalue weighted by atomic mass is 16.2. The SMILES string of the molecule is C[C@]1(N)C=CC(=O)NN=C1. The Balaban J connectivity index is 2.84. The first-order valence-corrected chi connectivity index (χ1v) is 2.92. The van der Waals surface area contributed by atoms with Crippen LogP contribution in [-0.4, -0.2) is 17.7 Å². The second-order valence-corrected chi connectivity index (χ2v) is 2.43. The van der Waals surface area contributed by atoms with Crippen LogP contribution in [0.3, 0.4) is 0 Å². The molecule has 0 bridgehead atoms. The van der Waals surface area contributed by atoms with Crippen LogP contribution >= 0.6 is 0 Å². The van der Waals surface area contributed by atoms with Crippen molar-refractivity contribution in [1.82, 2.24) is 5.43 Å². The summed E-state index contributed by atoms with van der Waals surface area (Å²) < 4.78 is 0. The van der Waals surface area contributed by atoms with E-state index in [0.717, 1.165) is 0 Å². The molecule has 0 aromatic rings. The summed E-state index contributed by atoms with van der Waals surface area (Å²) >= 11 is 0. The van der Waals surface area contributed by atoms with Crippen LogP contribution in [0.4, 0.5) is 0 Å². The monoisotopic (exact) mass is 139 g/mol. The normalized spacial score (nSPS) is 31.6. The average molecular weight is 139 g/mol. The van der Waals surface area contributed by atoms with Crippen molar-refractivity contribution >= 4 is 12.1 Å². The van der Waals surface area contributed by atoms with Crippen LogP contribution < -0.4 is 11.2 Å². The number of carbonyl (C=O) groups excluding carboxylic acids is 1. The largest absolute Gasteiger partial charge is 0.318 e. The van der Waals surface area contributed by atoms with Gasteiger partial charge in [0.15, 0.2) is 0 Å². The summed E-state index contributed by atoms with van der Waals surface area (Å²) in [5.41, 5.74) is 7.26. The number of amides is 1. The smallest absolute Gasteiger partial charge is 0.263 e. The van der Waals surface area contributed by atoms with Crippen molar-refractivity contribution in [2.75, 3.05) is 0 Å². The topological polar surface area (TPSA) is 67.5 Å². The van der Waals surface area contributed by atoms with Gasteiger partial charge in [-0.05, 0) is 6.92 Å². The molecule has 0 saturated heterocycles. The van der Waals surface area contributed by atoms with E-state index in [0.29, 0.717) is 0 Å². The number of nitrogens with one attached hydrogen (secondary N) is 1. The third-order valence-electron chi connectivity index (χ3n) is 1.11. The Morgan fingerprint density at radius 1 is 1.80 bits per heavy atom. The zero-order valence-corrected chi connectivity index (χ0v) is 5.66. The Morgan fingerprint density at radius 3 is 3.20 bits per heavy atom. The minimum absolute atomic E-state index is 0.245. The Kier molecular flexibility index (Phi) is 1.55. The highest BCUT2D eigenvalue weighted by Crippen LogP contribution is 1.98. The number of nitrogens with two attached hydrogens (primary N) is 1. The zero-order chi connectivity index (χ0) is 7.61. The molecule has 10 heavy (non-hydrogen) atoms. The van der Waals surface area contributed by atoms with Crippen LogP contribution in [-0.2, 0) is 4.79 Å². The molecule has 0 aliphatic carbocycles. The highest BCUT2D eigenvalue weighted by Gasteiger charge is 2.13. The maximum absolute atomic E-state index is 10.6. The molecule has 0 spiro atoms. The van der Waals surface area contributed by atoms with E-state index < -0.39 is 5.54 Å². The number of carbonyl (C=O) groups is 1. The molecule has 0 unspecified atom stereocenters. The molecular formula is C6H9N3O. The van der Waals surface area contributed by atoms with Gasteiger partial charge in [0.1, 0.15) is 0 Å². The second kappa shape index (κ2) is 2.22. The standard InChI is InChI=1S/C6H9N3O/c1-6(7)3-2-5(10)9-8-4-6/h2-4H,7H2,1H3,(H,9,10)/t6-/m0/s1. The van der Waals surface area contributed by atoms with Crippen LogP contribution in [0.1, 0.15) is 6.92 Å². The molecular weight excluding hydrogens is 130 g/mol. The van der Waals surface area contributed by atoms with E-state index in [-0.39, 0.29) is 5.91 Å². The van der Waals surface area contributed by atoms with Crippen molar-refractivity contribution in [3.8, 4) is 0 Å². The molecule has 4 nitrogen and oxygen atoms in total. The van der Waals surface area contributed by atoms with E-state index >= 15 is 0 Å². The molecule has 1 atom stereocenters. The van der Waals surface area contributed by atoms with E-state index in [1.54, 1.807) is 13.0 Å². The van der Waals surface area contributed by atoms with E-state index in [1.807, 2.05) is 0 Å². The molecule has 1 aliphatic rings. The van der Waals surface area contributed by atoms with E-state index in [4.69, 9.17) is 5.73 Å². The average Bonchev–Trinajstić information content (AvgIpc) is 1.94. The highest BCUT2D eigenvalue weighted by molar-refractivity contribution is 5.91. The number of hydrogen-bond acceptors (Lipinski definition) is 3. The van der Waals surface area contributed by atoms with Gasteiger partial charge in [-0.3, -0.25) is 4.79 Å². The minimum atomic E-state index is -0.612. The van der Waals surface area contributed by atoms with E-state index in [1.165, 1.54) is 12.3 Å². The maximum atomic E-state index is 10.6. The lowest BCUT2D eigenvalue weighted by Crippen LogP contribution is -2.35. The fourth-order valence-corrected chi connectivity index (χ4v) is 0.571. The van der Waals surface area contributed by atoms with Gasteiger partial charge < -0.3 is 5.73 Å². The molecule has 0 radical (unpaired) electrons. The predicted molar refractivity (Wildman–Crippen MR) is 38.4 cm³/mol. The van der Waals surface area contributed by atoms with Gasteiger partial charge in [-0.25, -0.2) is 5.43 Å². The first-order valence-electron chi connectivity index (χ1n) is 2.92. The predicted octanol–water partition coefficient (Wildman–Crippen LogP) is -0.624. The van der Waals surface area contributed by atoms with Crippen LogP contribution in [0.25, 0.3) is 0 Å². The van der Waals surface area contributed by atoms with Crippen molar-refractivity contribution in [3.63, 3.8) is 0 Å². The van der Waals surface area contributed by atoms with Crippen LogP contribution in [0, 0.1) is 0 Å². The molecule has 4 heteroatoms. The molecule has 0 aromatic heterocycles. The molecule has 54 valence electrons. The second-order valence-electron chi connectivity index (χ2n) is 2.43. The quantitative estimate of drug-likeness (QED) is 0.469. The van der Waals surface area contributed by atoms with Gasteiger partial charge in [0, 0.05) is 12.3 Å². The number of nitrogens with zero attached hydrogens (tertiary/aromatic N) is 1. The van der Waals surface area contributed by atoms with Crippen molar-refractivity contribution in [2.24, 2.45) is 10.8 Å². The van der Waals surface area contributed by atoms with Gasteiger partial charge in [-0.15, -0.1) is 0 Å². The van der Waals surface area contributed by atoms with Crippen molar-refractivity contribution in [1.29, 1.82) is 0 Å². The number of rotatable bonds is 0. The fourth-order valence-electron chi connectivity index (χ4n) is 0.571. The first-order chi connectivity index (χ1) is 4.60. The Morgan fingerprint density at radius 2 is 2.50 bits per heavy atom. The summed E-state index contributed by atoms with van der Waals surface area (Å²) in [7, 11) is 0. The summed E-state index contributed by atoms with van der Waals surface area (Å²) in [5, 5.41) is 3.59. The Bertz CT molecular complexity index is 205. The summed E-state index contributed by atoms with van der Waals surface area (Å²) in [6.07, 6.45) is 4.44. The lowest BCUT2D eigenvalue weighted by molar-refractivity contribution is -0.116. The number of hydrogen-bond donors (Lipinski definition) is 2. The summed E-state index contributed by atoms with van der Waals surface area (Å²) in [6.45, 7) is 1.76. The zero-order valence-electron chi connectivity index (χ0n) is 5.66. The van der Waals surface area contributed by atoms with Crippen molar-refractivity contribution in [2.45, 2.75) is 12.5 Å². The van der Waals surface area contributed by atoms with Gasteiger partial charge in [0.25, 0.3) is 5.91 Å². The summed E-state index contributed by atoms with van der Waals surface area (Å²) in [5.74, 6) is -0.245. The number of hydrazone groups is 1. The lowest BCUT2D eigenvalue weighted by atomic mass is 10.1. The van der Waals surface area contributed by atoms with Gasteiger partial charge in [0.2, 0.25) is 0 Å². The molecule has 0 aromatic carbocycles. The van der Waals surface area contributed by atoms with E-state index in [9.17, 15) is 4.79 Å². The maximum Gasteiger partial charge on any atom is 0.263 e. The Hall–Kier alpha value is -1.16. The minimum Gasteiger partial charge on any atom is -0.318 e. The third-order valence-corrected chi connectivity index (χ3v) is 1.11. The van der Waals surface area contributed by atoms with E-state index in [2.05, 4.69) is 10.5 Å². The van der Waals surface area contributed by atoms with Gasteiger partial charge in [-0.2, -0.15) is 5.10 Å². The molecule has 0 saturated carbocycles. The molecule has 1 heterocycles. The first kappa shape index (κ1) is 6.95. The molecule has 1 rings (SSSR count). The van der Waals surface area contributed by atoms with Crippen molar-refractivity contribution in [3.05, 3.63) is 12.2 Å². The molecule has 1 aliphatic heterocycles. The van der Waals surface area contributed by atoms with Crippen LogP contribution in [0.2, 0.25) is 0 Å². The third kappa shape index (κ3) is 1.66. The van der Waals surface area contributed by atoms with Gasteiger partial charge in [-0.1, -0.05) is 6.08 Å².